The van der Waals surface area contributed by atoms with Gasteiger partial charge in [0.25, 0.3) is 0 Å². The first-order chi connectivity index (χ1) is 15.3. The minimum Gasteiger partial charge on any atom is -0.508 e. The molecule has 0 bridgehead atoms. The zero-order chi connectivity index (χ0) is 23.1. The van der Waals surface area contributed by atoms with Crippen LogP contribution >= 0.6 is 0 Å². The Labute approximate surface area is 192 Å². The third-order valence-corrected chi connectivity index (χ3v) is 6.21. The van der Waals surface area contributed by atoms with Crippen LogP contribution in [0.1, 0.15) is 42.4 Å². The molecular weight excluding hydrogens is 394 g/mol. The highest BCUT2D eigenvalue weighted by Gasteiger charge is 2.37. The van der Waals surface area contributed by atoms with Crippen LogP contribution in [-0.2, 0) is 0 Å². The van der Waals surface area contributed by atoms with Crippen molar-refractivity contribution < 1.29 is 14.7 Å². The minimum absolute atomic E-state index is 0.150. The van der Waals surface area contributed by atoms with Gasteiger partial charge in [-0.3, -0.25) is 0 Å². The van der Waals surface area contributed by atoms with Crippen LogP contribution in [-0.4, -0.2) is 48.5 Å². The molecule has 0 atom stereocenters. The topological polar surface area (TPSA) is 40.5 Å². The number of aliphatic hydroxyl groups is 1. The van der Waals surface area contributed by atoms with Crippen LogP contribution < -0.4 is 0 Å². The summed E-state index contributed by atoms with van der Waals surface area (Å²) in [5, 5.41) is 19.4. The first-order valence-electron chi connectivity index (χ1n) is 11.4. The van der Waals surface area contributed by atoms with Crippen LogP contribution in [0.2, 0.25) is 0 Å². The maximum absolute atomic E-state index is 9.83. The van der Waals surface area contributed by atoms with E-state index in [1.807, 2.05) is 24.3 Å². The van der Waals surface area contributed by atoms with Gasteiger partial charge >= 0.3 is 0 Å². The van der Waals surface area contributed by atoms with Gasteiger partial charge in [0.2, 0.25) is 0 Å². The molecule has 2 aromatic rings. The number of quaternary nitrogens is 1. The predicted molar refractivity (Wildman–Crippen MR) is 135 cm³/mol. The molecule has 2 N–H and O–H groups in total. The molecule has 3 heteroatoms. The highest BCUT2D eigenvalue weighted by molar-refractivity contribution is 5.84. The SMILES string of the molecule is C=C\C=C/C=C(C)/C(CCCO)=C(/c1ccc(O)cc1)c1ccc(C2C[N+](C)(C)C2)cc1. The van der Waals surface area contributed by atoms with E-state index in [0.717, 1.165) is 33.2 Å². The van der Waals surface area contributed by atoms with Crippen molar-refractivity contribution in [1.29, 1.82) is 0 Å². The lowest BCUT2D eigenvalue weighted by Crippen LogP contribution is -2.56. The van der Waals surface area contributed by atoms with Crippen molar-refractivity contribution in [3.05, 3.63) is 107 Å². The third kappa shape index (κ3) is 5.87. The molecule has 32 heavy (non-hydrogen) atoms. The van der Waals surface area contributed by atoms with Gasteiger partial charge in [-0.15, -0.1) is 0 Å². The largest absolute Gasteiger partial charge is 0.508 e. The molecule has 1 aliphatic rings. The quantitative estimate of drug-likeness (QED) is 0.388. The van der Waals surface area contributed by atoms with Crippen molar-refractivity contribution in [3.63, 3.8) is 0 Å². The normalized spacial score (nSPS) is 17.2. The summed E-state index contributed by atoms with van der Waals surface area (Å²) in [6.07, 6.45) is 9.24. The number of hydrogen-bond donors (Lipinski definition) is 2. The van der Waals surface area contributed by atoms with Crippen molar-refractivity contribution in [3.8, 4) is 5.75 Å². The summed E-state index contributed by atoms with van der Waals surface area (Å²) in [5.41, 5.74) is 7.12. The summed E-state index contributed by atoms with van der Waals surface area (Å²) in [6, 6.07) is 16.4. The summed E-state index contributed by atoms with van der Waals surface area (Å²) in [4.78, 5) is 0. The van der Waals surface area contributed by atoms with Gasteiger partial charge in [-0.05, 0) is 65.3 Å². The van der Waals surface area contributed by atoms with E-state index in [0.29, 0.717) is 12.3 Å². The van der Waals surface area contributed by atoms with Gasteiger partial charge in [0.1, 0.15) is 5.75 Å². The Hall–Kier alpha value is -2.88. The number of allylic oxidation sites excluding steroid dienone is 6. The van der Waals surface area contributed by atoms with Gasteiger partial charge in [0.15, 0.2) is 0 Å². The van der Waals surface area contributed by atoms with E-state index in [-0.39, 0.29) is 12.4 Å². The first kappa shape index (κ1) is 23.8. The zero-order valence-corrected chi connectivity index (χ0v) is 19.6. The Bertz CT molecular complexity index is 1000. The first-order valence-corrected chi connectivity index (χ1v) is 11.4. The highest BCUT2D eigenvalue weighted by Crippen LogP contribution is 2.36. The summed E-state index contributed by atoms with van der Waals surface area (Å²) in [6.45, 7) is 8.37. The van der Waals surface area contributed by atoms with Gasteiger partial charge < -0.3 is 14.7 Å². The second-order valence-electron chi connectivity index (χ2n) is 9.32. The molecule has 1 aliphatic heterocycles. The third-order valence-electron chi connectivity index (χ3n) is 6.21. The molecular formula is C29H36NO2+. The number of rotatable bonds is 9. The molecule has 0 amide bonds. The van der Waals surface area contributed by atoms with Gasteiger partial charge in [-0.25, -0.2) is 0 Å². The maximum Gasteiger partial charge on any atom is 0.115 e. The molecule has 2 aromatic carbocycles. The monoisotopic (exact) mass is 430 g/mol. The van der Waals surface area contributed by atoms with Crippen molar-refractivity contribution in [2.45, 2.75) is 25.7 Å². The molecule has 0 aliphatic carbocycles. The van der Waals surface area contributed by atoms with Crippen LogP contribution in [0, 0.1) is 0 Å². The number of hydrogen-bond acceptors (Lipinski definition) is 2. The lowest BCUT2D eigenvalue weighted by molar-refractivity contribution is -0.932. The van der Waals surface area contributed by atoms with Gasteiger partial charge in [0.05, 0.1) is 33.1 Å². The Morgan fingerprint density at radius 3 is 2.12 bits per heavy atom. The number of likely N-dealkylation sites (tertiary alicyclic amines) is 1. The molecule has 1 fully saturated rings. The molecule has 0 aromatic heterocycles. The average Bonchev–Trinajstić information content (AvgIpc) is 2.76. The van der Waals surface area contributed by atoms with E-state index in [1.165, 1.54) is 24.2 Å². The minimum atomic E-state index is 0.150. The lowest BCUT2D eigenvalue weighted by Gasteiger charge is -2.44. The second-order valence-corrected chi connectivity index (χ2v) is 9.32. The maximum atomic E-state index is 9.83. The number of phenolic OH excluding ortho intramolecular Hbond substituents is 1. The fourth-order valence-corrected chi connectivity index (χ4v) is 4.57. The number of likely N-dealkylation sites (N-methyl/N-ethyl adjacent to an activating group) is 1. The molecule has 168 valence electrons. The Balaban J connectivity index is 2.08. The highest BCUT2D eigenvalue weighted by atomic mass is 16.3. The summed E-state index contributed by atoms with van der Waals surface area (Å²) in [5.74, 6) is 0.881. The molecule has 0 spiro atoms. The van der Waals surface area contributed by atoms with E-state index in [2.05, 4.69) is 57.9 Å². The smallest absolute Gasteiger partial charge is 0.115 e. The van der Waals surface area contributed by atoms with Crippen LogP contribution in [0.15, 0.2) is 90.6 Å². The standard InChI is InChI=1S/C29H35NO2/c1-5-6-7-9-22(2)28(10-8-19-31)29(25-15-17-27(32)18-16-25)24-13-11-23(12-14-24)26-20-30(3,4)21-26/h5-7,9,11-18,26,31H,1,8,10,19-21H2,2-4H3/p+1/b7-6-,22-9+,29-28+. The van der Waals surface area contributed by atoms with Crippen LogP contribution in [0.3, 0.4) is 0 Å². The molecule has 1 heterocycles. The van der Waals surface area contributed by atoms with E-state index < -0.39 is 0 Å². The van der Waals surface area contributed by atoms with E-state index in [4.69, 9.17) is 0 Å². The molecule has 3 rings (SSSR count). The van der Waals surface area contributed by atoms with E-state index >= 15 is 0 Å². The molecule has 1 saturated heterocycles. The number of aliphatic hydroxyl groups excluding tert-OH is 1. The Morgan fingerprint density at radius 1 is 1.00 bits per heavy atom. The number of aromatic hydroxyl groups is 1. The zero-order valence-electron chi connectivity index (χ0n) is 19.6. The van der Waals surface area contributed by atoms with Gasteiger partial charge in [0, 0.05) is 6.61 Å². The summed E-state index contributed by atoms with van der Waals surface area (Å²) < 4.78 is 1.08. The predicted octanol–water partition coefficient (Wildman–Crippen LogP) is 5.83. The summed E-state index contributed by atoms with van der Waals surface area (Å²) in [7, 11) is 4.56. The number of nitrogens with zero attached hydrogens (tertiary/aromatic N) is 1. The number of phenols is 1. The Kier molecular flexibility index (Phi) is 7.89. The molecule has 0 radical (unpaired) electrons. The van der Waals surface area contributed by atoms with Gasteiger partial charge in [-0.2, -0.15) is 0 Å². The summed E-state index contributed by atoms with van der Waals surface area (Å²) >= 11 is 0. The molecule has 0 unspecified atom stereocenters. The van der Waals surface area contributed by atoms with Crippen LogP contribution in [0.25, 0.3) is 5.57 Å². The molecule has 0 saturated carbocycles. The van der Waals surface area contributed by atoms with Crippen molar-refractivity contribution in [1.82, 2.24) is 0 Å². The van der Waals surface area contributed by atoms with Crippen LogP contribution in [0.5, 0.6) is 5.75 Å². The fourth-order valence-electron chi connectivity index (χ4n) is 4.57. The Morgan fingerprint density at radius 2 is 1.59 bits per heavy atom. The number of benzene rings is 2. The second kappa shape index (κ2) is 10.6. The fraction of sp³-hybridized carbons (Fsp3) is 0.310. The van der Waals surface area contributed by atoms with E-state index in [1.54, 1.807) is 18.2 Å². The van der Waals surface area contributed by atoms with E-state index in [9.17, 15) is 10.2 Å². The molecule has 3 nitrogen and oxygen atoms in total. The van der Waals surface area contributed by atoms with Crippen LogP contribution in [0.4, 0.5) is 0 Å². The van der Waals surface area contributed by atoms with Crippen molar-refractivity contribution in [2.75, 3.05) is 33.8 Å². The van der Waals surface area contributed by atoms with Crippen molar-refractivity contribution in [2.24, 2.45) is 0 Å². The van der Waals surface area contributed by atoms with Gasteiger partial charge in [-0.1, -0.05) is 67.3 Å². The lowest BCUT2D eigenvalue weighted by atomic mass is 9.85. The van der Waals surface area contributed by atoms with Crippen molar-refractivity contribution >= 4 is 5.57 Å². The average molecular weight is 431 g/mol.